The molecule has 146 valence electrons. The number of thiazole rings is 1. The van der Waals surface area contributed by atoms with E-state index in [9.17, 15) is 8.42 Å². The maximum absolute atomic E-state index is 13.0. The van der Waals surface area contributed by atoms with Gasteiger partial charge in [-0.3, -0.25) is 4.98 Å². The van der Waals surface area contributed by atoms with Gasteiger partial charge >= 0.3 is 0 Å². The molecule has 4 heterocycles. The minimum atomic E-state index is -3.43. The first-order chi connectivity index (χ1) is 13.4. The number of anilines is 1. The molecule has 0 spiro atoms. The molecule has 3 aromatic rings. The van der Waals surface area contributed by atoms with Crippen LogP contribution in [0.25, 0.3) is 11.4 Å². The molecule has 1 saturated heterocycles. The molecule has 0 radical (unpaired) electrons. The molecule has 1 fully saturated rings. The molecule has 1 aliphatic heterocycles. The number of nitrogens with zero attached hydrogens (tertiary/aromatic N) is 5. The van der Waals surface area contributed by atoms with Crippen LogP contribution >= 0.6 is 11.3 Å². The fourth-order valence-electron chi connectivity index (χ4n) is 3.43. The van der Waals surface area contributed by atoms with Gasteiger partial charge in [0.05, 0.1) is 16.6 Å². The molecule has 0 saturated carbocycles. The van der Waals surface area contributed by atoms with Gasteiger partial charge in [0.25, 0.3) is 0 Å². The highest BCUT2D eigenvalue weighted by Gasteiger charge is 2.33. The first-order valence-corrected chi connectivity index (χ1v) is 11.5. The van der Waals surface area contributed by atoms with E-state index in [1.807, 2.05) is 23.6 Å². The Kier molecular flexibility index (Phi) is 5.11. The molecular formula is C19H21N5O2S2. The van der Waals surface area contributed by atoms with Crippen LogP contribution in [0.3, 0.4) is 0 Å². The van der Waals surface area contributed by atoms with Gasteiger partial charge in [-0.05, 0) is 38.8 Å². The number of rotatable bonds is 4. The lowest BCUT2D eigenvalue weighted by Crippen LogP contribution is -2.39. The molecule has 0 unspecified atom stereocenters. The number of aryl methyl sites for hydroxylation is 2. The monoisotopic (exact) mass is 415 g/mol. The highest BCUT2D eigenvalue weighted by Crippen LogP contribution is 2.31. The highest BCUT2D eigenvalue weighted by atomic mass is 32.2. The van der Waals surface area contributed by atoms with Gasteiger partial charge in [0.15, 0.2) is 15.0 Å². The fourth-order valence-corrected chi connectivity index (χ4v) is 6.15. The number of hydrogen-bond donors (Lipinski definition) is 0. The SMILES string of the molecule is Cc1ncc(S(=O)(=O)C2CCN(c3nc(-c4ccccn4)cs3)CC2)c(C)n1. The third-order valence-electron chi connectivity index (χ3n) is 4.93. The molecule has 3 aromatic heterocycles. The average Bonchev–Trinajstić information content (AvgIpc) is 3.19. The zero-order chi connectivity index (χ0) is 19.7. The number of piperidine rings is 1. The Balaban J connectivity index is 1.47. The maximum atomic E-state index is 13.0. The lowest BCUT2D eigenvalue weighted by atomic mass is 10.1. The molecule has 0 amide bonds. The van der Waals surface area contributed by atoms with Gasteiger partial charge in [-0.1, -0.05) is 6.07 Å². The zero-order valence-corrected chi connectivity index (χ0v) is 17.4. The largest absolute Gasteiger partial charge is 0.348 e. The molecule has 0 bridgehead atoms. The molecular weight excluding hydrogens is 394 g/mol. The van der Waals surface area contributed by atoms with E-state index < -0.39 is 15.1 Å². The van der Waals surface area contributed by atoms with Gasteiger partial charge in [0, 0.05) is 30.9 Å². The Morgan fingerprint density at radius 3 is 2.54 bits per heavy atom. The van der Waals surface area contributed by atoms with Gasteiger partial charge in [-0.15, -0.1) is 11.3 Å². The maximum Gasteiger partial charge on any atom is 0.185 e. The summed E-state index contributed by atoms with van der Waals surface area (Å²) < 4.78 is 26.1. The highest BCUT2D eigenvalue weighted by molar-refractivity contribution is 7.92. The number of aromatic nitrogens is 4. The molecule has 4 rings (SSSR count). The summed E-state index contributed by atoms with van der Waals surface area (Å²) in [6.45, 7) is 4.80. The zero-order valence-electron chi connectivity index (χ0n) is 15.7. The Labute approximate surface area is 168 Å². The summed E-state index contributed by atoms with van der Waals surface area (Å²) >= 11 is 1.57. The van der Waals surface area contributed by atoms with Gasteiger partial charge in [-0.25, -0.2) is 23.4 Å². The van der Waals surface area contributed by atoms with E-state index in [0.717, 1.165) is 16.5 Å². The Morgan fingerprint density at radius 1 is 1.07 bits per heavy atom. The topological polar surface area (TPSA) is 88.9 Å². The standard InChI is InChI=1S/C19H21N5O2S2/c1-13-18(11-21-14(2)22-13)28(25,26)15-6-9-24(10-7-15)19-23-17(12-27-19)16-5-3-4-8-20-16/h3-5,8,11-12,15H,6-7,9-10H2,1-2H3. The smallest absolute Gasteiger partial charge is 0.185 e. The van der Waals surface area contributed by atoms with Gasteiger partial charge in [0.1, 0.15) is 16.4 Å². The van der Waals surface area contributed by atoms with Crippen molar-refractivity contribution in [1.29, 1.82) is 0 Å². The second-order valence-corrected chi connectivity index (χ2v) is 9.86. The van der Waals surface area contributed by atoms with Crippen molar-refractivity contribution in [3.05, 3.63) is 47.5 Å². The van der Waals surface area contributed by atoms with E-state index in [1.54, 1.807) is 31.4 Å². The predicted octanol–water partition coefficient (Wildman–Crippen LogP) is 3.05. The third-order valence-corrected chi connectivity index (χ3v) is 8.20. The summed E-state index contributed by atoms with van der Waals surface area (Å²) in [5, 5.41) is 2.49. The molecule has 1 aliphatic rings. The van der Waals surface area contributed by atoms with Crippen molar-refractivity contribution in [2.24, 2.45) is 0 Å². The van der Waals surface area contributed by atoms with Crippen molar-refractivity contribution in [3.8, 4) is 11.4 Å². The van der Waals surface area contributed by atoms with Crippen LogP contribution in [0.4, 0.5) is 5.13 Å². The normalized spacial score (nSPS) is 15.7. The van der Waals surface area contributed by atoms with Crippen molar-refractivity contribution in [2.75, 3.05) is 18.0 Å². The lowest BCUT2D eigenvalue weighted by Gasteiger charge is -2.31. The van der Waals surface area contributed by atoms with Crippen LogP contribution in [0.5, 0.6) is 0 Å². The predicted molar refractivity (Wildman–Crippen MR) is 109 cm³/mol. The molecule has 0 atom stereocenters. The van der Waals surface area contributed by atoms with E-state index >= 15 is 0 Å². The first kappa shape index (κ1) is 18.9. The van der Waals surface area contributed by atoms with Gasteiger partial charge < -0.3 is 4.90 Å². The molecule has 0 aromatic carbocycles. The second-order valence-electron chi connectivity index (χ2n) is 6.83. The van der Waals surface area contributed by atoms with Crippen molar-refractivity contribution in [3.63, 3.8) is 0 Å². The number of pyridine rings is 1. The Morgan fingerprint density at radius 2 is 1.86 bits per heavy atom. The van der Waals surface area contributed by atoms with Crippen molar-refractivity contribution in [2.45, 2.75) is 36.8 Å². The molecule has 0 N–H and O–H groups in total. The fraction of sp³-hybridized carbons (Fsp3) is 0.368. The summed E-state index contributed by atoms with van der Waals surface area (Å²) in [6, 6.07) is 5.75. The summed E-state index contributed by atoms with van der Waals surface area (Å²) in [5.74, 6) is 0.582. The van der Waals surface area contributed by atoms with E-state index in [2.05, 4.69) is 24.8 Å². The van der Waals surface area contributed by atoms with Crippen LogP contribution in [0, 0.1) is 13.8 Å². The van der Waals surface area contributed by atoms with Crippen molar-refractivity contribution < 1.29 is 8.42 Å². The van der Waals surface area contributed by atoms with Crippen LogP contribution in [-0.4, -0.2) is 46.7 Å². The van der Waals surface area contributed by atoms with E-state index in [-0.39, 0.29) is 4.90 Å². The minimum absolute atomic E-state index is 0.253. The molecule has 0 aliphatic carbocycles. The van der Waals surface area contributed by atoms with Gasteiger partial charge in [-0.2, -0.15) is 0 Å². The number of hydrogen-bond acceptors (Lipinski definition) is 8. The van der Waals surface area contributed by atoms with E-state index in [1.165, 1.54) is 6.20 Å². The van der Waals surface area contributed by atoms with Crippen LogP contribution in [0.2, 0.25) is 0 Å². The summed E-state index contributed by atoms with van der Waals surface area (Å²) in [4.78, 5) is 19.7. The van der Waals surface area contributed by atoms with Crippen molar-refractivity contribution >= 4 is 26.3 Å². The van der Waals surface area contributed by atoms with Crippen molar-refractivity contribution in [1.82, 2.24) is 19.9 Å². The Hall–Kier alpha value is -2.39. The van der Waals surface area contributed by atoms with Crippen LogP contribution in [0.15, 0.2) is 40.9 Å². The average molecular weight is 416 g/mol. The molecule has 9 heteroatoms. The first-order valence-electron chi connectivity index (χ1n) is 9.11. The lowest BCUT2D eigenvalue weighted by molar-refractivity contribution is 0.528. The summed E-state index contributed by atoms with van der Waals surface area (Å²) in [6.07, 6.45) is 4.32. The van der Waals surface area contributed by atoms with Crippen LogP contribution in [-0.2, 0) is 9.84 Å². The summed E-state index contributed by atoms with van der Waals surface area (Å²) in [5.41, 5.74) is 2.22. The molecule has 7 nitrogen and oxygen atoms in total. The second kappa shape index (κ2) is 7.56. The van der Waals surface area contributed by atoms with E-state index in [4.69, 9.17) is 0 Å². The van der Waals surface area contributed by atoms with Crippen LogP contribution < -0.4 is 4.90 Å². The molecule has 28 heavy (non-hydrogen) atoms. The summed E-state index contributed by atoms with van der Waals surface area (Å²) in [7, 11) is -3.43. The Bertz CT molecular complexity index is 1070. The van der Waals surface area contributed by atoms with E-state index in [0.29, 0.717) is 37.4 Å². The number of sulfone groups is 1. The van der Waals surface area contributed by atoms with Crippen LogP contribution in [0.1, 0.15) is 24.4 Å². The minimum Gasteiger partial charge on any atom is -0.348 e. The third kappa shape index (κ3) is 3.64. The quantitative estimate of drug-likeness (QED) is 0.647. The van der Waals surface area contributed by atoms with Gasteiger partial charge in [0.2, 0.25) is 0 Å².